The Morgan fingerprint density at radius 2 is 2.09 bits per heavy atom. The number of piperazine rings is 1. The second-order valence-electron chi connectivity index (χ2n) is 5.46. The number of rotatable bonds is 6. The summed E-state index contributed by atoms with van der Waals surface area (Å²) in [6.45, 7) is 7.07. The van der Waals surface area contributed by atoms with Crippen molar-refractivity contribution >= 4 is 23.5 Å². The Morgan fingerprint density at radius 3 is 2.68 bits per heavy atom. The molecular formula is C15H24N4O2S. The minimum atomic E-state index is -0.199. The molecule has 0 saturated carbocycles. The minimum Gasteiger partial charge on any atom is -0.352 e. The zero-order valence-corrected chi connectivity index (χ0v) is 14.1. The molecule has 7 heteroatoms. The highest BCUT2D eigenvalue weighted by molar-refractivity contribution is 8.00. The number of aromatic amines is 1. The summed E-state index contributed by atoms with van der Waals surface area (Å²) in [5.74, 6) is 2.04. The molecule has 0 aliphatic carbocycles. The van der Waals surface area contributed by atoms with Gasteiger partial charge < -0.3 is 9.80 Å². The monoisotopic (exact) mass is 324 g/mol. The SMILES string of the molecule is CCCCS[C@@H](C)C(=O)N1CCN(c2ccc(=O)[nH]n2)CC1. The Hall–Kier alpha value is -1.50. The highest BCUT2D eigenvalue weighted by Gasteiger charge is 2.25. The Labute approximate surface area is 135 Å². The van der Waals surface area contributed by atoms with Crippen LogP contribution in [-0.4, -0.2) is 58.2 Å². The number of H-pyrrole nitrogens is 1. The molecule has 1 atom stereocenters. The molecule has 122 valence electrons. The molecule has 1 N–H and O–H groups in total. The van der Waals surface area contributed by atoms with Crippen LogP contribution >= 0.6 is 11.8 Å². The van der Waals surface area contributed by atoms with Gasteiger partial charge in [-0.05, 0) is 25.2 Å². The fraction of sp³-hybridized carbons (Fsp3) is 0.667. The summed E-state index contributed by atoms with van der Waals surface area (Å²) in [6.07, 6.45) is 2.33. The fourth-order valence-corrected chi connectivity index (χ4v) is 3.50. The van der Waals surface area contributed by atoms with E-state index >= 15 is 0 Å². The predicted octanol–water partition coefficient (Wildman–Crippen LogP) is 1.34. The van der Waals surface area contributed by atoms with E-state index in [4.69, 9.17) is 0 Å². The van der Waals surface area contributed by atoms with Crippen LogP contribution < -0.4 is 10.5 Å². The average molecular weight is 324 g/mol. The Morgan fingerprint density at radius 1 is 1.36 bits per heavy atom. The van der Waals surface area contributed by atoms with Crippen LogP contribution in [0.3, 0.4) is 0 Å². The van der Waals surface area contributed by atoms with Crippen LogP contribution in [0.25, 0.3) is 0 Å². The summed E-state index contributed by atoms with van der Waals surface area (Å²) < 4.78 is 0. The molecule has 1 amide bonds. The van der Waals surface area contributed by atoms with Crippen molar-refractivity contribution in [2.45, 2.75) is 31.9 Å². The van der Waals surface area contributed by atoms with Crippen LogP contribution in [0.5, 0.6) is 0 Å². The van der Waals surface area contributed by atoms with E-state index in [1.54, 1.807) is 17.8 Å². The number of amides is 1. The van der Waals surface area contributed by atoms with Gasteiger partial charge in [0.2, 0.25) is 5.91 Å². The number of hydrogen-bond acceptors (Lipinski definition) is 5. The quantitative estimate of drug-likeness (QED) is 0.800. The van der Waals surface area contributed by atoms with Gasteiger partial charge in [-0.1, -0.05) is 13.3 Å². The highest BCUT2D eigenvalue weighted by Crippen LogP contribution is 2.17. The van der Waals surface area contributed by atoms with E-state index in [0.29, 0.717) is 13.1 Å². The molecule has 0 unspecified atom stereocenters. The first-order chi connectivity index (χ1) is 10.6. The first-order valence-corrected chi connectivity index (χ1v) is 8.87. The summed E-state index contributed by atoms with van der Waals surface area (Å²) in [6, 6.07) is 3.20. The lowest BCUT2D eigenvalue weighted by Crippen LogP contribution is -2.51. The lowest BCUT2D eigenvalue weighted by atomic mass is 10.3. The largest absolute Gasteiger partial charge is 0.352 e. The molecule has 0 aromatic carbocycles. The van der Waals surface area contributed by atoms with Crippen LogP contribution in [0.1, 0.15) is 26.7 Å². The smallest absolute Gasteiger partial charge is 0.264 e. The number of nitrogens with one attached hydrogen (secondary N) is 1. The third-order valence-electron chi connectivity index (χ3n) is 3.79. The number of aromatic nitrogens is 2. The lowest BCUT2D eigenvalue weighted by Gasteiger charge is -2.36. The van der Waals surface area contributed by atoms with Crippen molar-refractivity contribution in [3.8, 4) is 0 Å². The van der Waals surface area contributed by atoms with E-state index in [2.05, 4.69) is 22.0 Å². The predicted molar refractivity (Wildman–Crippen MR) is 90.5 cm³/mol. The van der Waals surface area contributed by atoms with Crippen LogP contribution in [0.4, 0.5) is 5.82 Å². The molecule has 1 aliphatic rings. The molecule has 6 nitrogen and oxygen atoms in total. The average Bonchev–Trinajstić information content (AvgIpc) is 2.55. The van der Waals surface area contributed by atoms with Crippen molar-refractivity contribution in [1.82, 2.24) is 15.1 Å². The van der Waals surface area contributed by atoms with Gasteiger partial charge in [0.05, 0.1) is 5.25 Å². The highest BCUT2D eigenvalue weighted by atomic mass is 32.2. The molecule has 1 aromatic rings. The van der Waals surface area contributed by atoms with Gasteiger partial charge in [0, 0.05) is 32.2 Å². The van der Waals surface area contributed by atoms with Gasteiger partial charge in [0.25, 0.3) is 5.56 Å². The number of nitrogens with zero attached hydrogens (tertiary/aromatic N) is 3. The maximum absolute atomic E-state index is 12.4. The van der Waals surface area contributed by atoms with Crippen molar-refractivity contribution in [1.29, 1.82) is 0 Å². The van der Waals surface area contributed by atoms with Crippen LogP contribution in [0.2, 0.25) is 0 Å². The van der Waals surface area contributed by atoms with Crippen molar-refractivity contribution < 1.29 is 4.79 Å². The molecule has 2 rings (SSSR count). The van der Waals surface area contributed by atoms with E-state index in [0.717, 1.165) is 31.1 Å². The molecule has 22 heavy (non-hydrogen) atoms. The molecule has 1 aliphatic heterocycles. The summed E-state index contributed by atoms with van der Waals surface area (Å²) in [5, 5.41) is 6.52. The van der Waals surface area contributed by atoms with Crippen molar-refractivity contribution in [2.24, 2.45) is 0 Å². The van der Waals surface area contributed by atoms with Gasteiger partial charge in [-0.3, -0.25) is 9.59 Å². The number of hydrogen-bond donors (Lipinski definition) is 1. The zero-order chi connectivity index (χ0) is 15.9. The summed E-state index contributed by atoms with van der Waals surface area (Å²) in [7, 11) is 0. The molecule has 1 aromatic heterocycles. The maximum atomic E-state index is 12.4. The van der Waals surface area contributed by atoms with E-state index in [1.165, 1.54) is 12.5 Å². The molecule has 0 bridgehead atoms. The molecule has 2 heterocycles. The standard InChI is InChI=1S/C15H24N4O2S/c1-3-4-11-22-12(2)15(21)19-9-7-18(8-10-19)13-5-6-14(20)17-16-13/h5-6,12H,3-4,7-11H2,1-2H3,(H,17,20)/t12-/m0/s1. The van der Waals surface area contributed by atoms with E-state index in [9.17, 15) is 9.59 Å². The summed E-state index contributed by atoms with van der Waals surface area (Å²) >= 11 is 1.74. The van der Waals surface area contributed by atoms with Gasteiger partial charge in [-0.2, -0.15) is 5.10 Å². The van der Waals surface area contributed by atoms with E-state index in [-0.39, 0.29) is 16.7 Å². The number of carbonyl (C=O) groups excluding carboxylic acids is 1. The van der Waals surface area contributed by atoms with Crippen molar-refractivity contribution in [3.05, 3.63) is 22.5 Å². The third-order valence-corrected chi connectivity index (χ3v) is 5.02. The summed E-state index contributed by atoms with van der Waals surface area (Å²) in [5.41, 5.74) is -0.199. The van der Waals surface area contributed by atoms with E-state index in [1.807, 2.05) is 11.8 Å². The number of thioether (sulfide) groups is 1. The zero-order valence-electron chi connectivity index (χ0n) is 13.2. The van der Waals surface area contributed by atoms with Gasteiger partial charge in [-0.25, -0.2) is 5.10 Å². The van der Waals surface area contributed by atoms with Gasteiger partial charge in [0.15, 0.2) is 0 Å². The second-order valence-corrected chi connectivity index (χ2v) is 6.91. The third kappa shape index (κ3) is 4.50. The molecule has 0 spiro atoms. The molecule has 0 radical (unpaired) electrons. The fourth-order valence-electron chi connectivity index (χ4n) is 2.40. The topological polar surface area (TPSA) is 69.3 Å². The second kappa shape index (κ2) is 8.22. The van der Waals surface area contributed by atoms with Crippen LogP contribution in [0, 0.1) is 0 Å². The van der Waals surface area contributed by atoms with Gasteiger partial charge >= 0.3 is 0 Å². The van der Waals surface area contributed by atoms with Gasteiger partial charge in [0.1, 0.15) is 5.82 Å². The number of unbranched alkanes of at least 4 members (excludes halogenated alkanes) is 1. The Bertz CT molecular complexity index is 520. The number of carbonyl (C=O) groups is 1. The lowest BCUT2D eigenvalue weighted by molar-refractivity contribution is -0.130. The molecular weight excluding hydrogens is 300 g/mol. The first kappa shape index (κ1) is 16.9. The normalized spacial score (nSPS) is 16.6. The Kier molecular flexibility index (Phi) is 6.30. The van der Waals surface area contributed by atoms with Gasteiger partial charge in [-0.15, -0.1) is 11.8 Å². The number of anilines is 1. The van der Waals surface area contributed by atoms with Crippen LogP contribution in [0.15, 0.2) is 16.9 Å². The summed E-state index contributed by atoms with van der Waals surface area (Å²) in [4.78, 5) is 27.5. The first-order valence-electron chi connectivity index (χ1n) is 7.83. The van der Waals surface area contributed by atoms with Crippen LogP contribution in [-0.2, 0) is 4.79 Å². The maximum Gasteiger partial charge on any atom is 0.264 e. The van der Waals surface area contributed by atoms with Crippen molar-refractivity contribution in [3.63, 3.8) is 0 Å². The van der Waals surface area contributed by atoms with E-state index < -0.39 is 0 Å². The minimum absolute atomic E-state index is 0.0318. The molecule has 1 saturated heterocycles. The molecule has 1 fully saturated rings. The Balaban J connectivity index is 1.82. The van der Waals surface area contributed by atoms with Crippen molar-refractivity contribution in [2.75, 3.05) is 36.8 Å².